The fraction of sp³-hybridized carbons (Fsp3) is 0.0370. The second-order valence-corrected chi connectivity index (χ2v) is 9.16. The van der Waals surface area contributed by atoms with Crippen molar-refractivity contribution in [2.24, 2.45) is 0 Å². The number of hydrogen-bond donors (Lipinski definition) is 1. The fourth-order valence-corrected chi connectivity index (χ4v) is 4.66. The topological polar surface area (TPSA) is 38.3 Å². The number of carbonyl (C=O) groups is 1. The molecule has 3 nitrogen and oxygen atoms in total. The SMILES string of the molecule is O=C1NC(=S)S/C1=C\c1cc2ccccc2cc1OCc1ccc(-c2ccccc2)cc1. The Bertz CT molecular complexity index is 1350. The van der Waals surface area contributed by atoms with Crippen LogP contribution in [-0.2, 0) is 11.4 Å². The number of benzene rings is 4. The van der Waals surface area contributed by atoms with E-state index in [1.54, 1.807) is 0 Å². The minimum atomic E-state index is -0.171. The average molecular weight is 454 g/mol. The number of thioether (sulfide) groups is 1. The Hall–Kier alpha value is -3.41. The molecular weight excluding hydrogens is 434 g/mol. The highest BCUT2D eigenvalue weighted by Crippen LogP contribution is 2.33. The minimum absolute atomic E-state index is 0.171. The van der Waals surface area contributed by atoms with E-state index in [1.165, 1.54) is 22.9 Å². The molecule has 1 amide bonds. The molecule has 156 valence electrons. The van der Waals surface area contributed by atoms with Crippen molar-refractivity contribution in [3.05, 3.63) is 107 Å². The van der Waals surface area contributed by atoms with Crippen LogP contribution in [0.4, 0.5) is 0 Å². The number of rotatable bonds is 5. The van der Waals surface area contributed by atoms with Crippen molar-refractivity contribution >= 4 is 51.1 Å². The van der Waals surface area contributed by atoms with Gasteiger partial charge in [0.25, 0.3) is 5.91 Å². The molecule has 1 aliphatic heterocycles. The summed E-state index contributed by atoms with van der Waals surface area (Å²) in [6.45, 7) is 0.432. The van der Waals surface area contributed by atoms with Crippen LogP contribution in [0.2, 0.25) is 0 Å². The first-order valence-corrected chi connectivity index (χ1v) is 11.4. The Morgan fingerprint density at radius 1 is 0.844 bits per heavy atom. The molecule has 1 heterocycles. The summed E-state index contributed by atoms with van der Waals surface area (Å²) in [4.78, 5) is 12.7. The molecule has 0 spiro atoms. The van der Waals surface area contributed by atoms with Crippen LogP contribution < -0.4 is 10.1 Å². The average Bonchev–Trinajstić information content (AvgIpc) is 3.15. The smallest absolute Gasteiger partial charge is 0.263 e. The Kier molecular flexibility index (Phi) is 5.75. The number of fused-ring (bicyclic) bond motifs is 1. The lowest BCUT2D eigenvalue weighted by Crippen LogP contribution is -2.17. The van der Waals surface area contributed by atoms with Crippen LogP contribution in [-0.4, -0.2) is 10.2 Å². The predicted molar refractivity (Wildman–Crippen MR) is 136 cm³/mol. The molecule has 1 aliphatic rings. The number of amides is 1. The molecule has 1 saturated heterocycles. The van der Waals surface area contributed by atoms with Crippen molar-refractivity contribution in [2.75, 3.05) is 0 Å². The van der Waals surface area contributed by atoms with Crippen molar-refractivity contribution in [1.29, 1.82) is 0 Å². The first-order valence-electron chi connectivity index (χ1n) is 10.2. The molecule has 0 saturated carbocycles. The van der Waals surface area contributed by atoms with Gasteiger partial charge in [0.15, 0.2) is 0 Å². The quantitative estimate of drug-likeness (QED) is 0.274. The van der Waals surface area contributed by atoms with Gasteiger partial charge in [0.05, 0.1) is 4.91 Å². The van der Waals surface area contributed by atoms with E-state index in [0.29, 0.717) is 15.8 Å². The third kappa shape index (κ3) is 4.44. The molecule has 0 aliphatic carbocycles. The largest absolute Gasteiger partial charge is 0.488 e. The van der Waals surface area contributed by atoms with Crippen molar-refractivity contribution < 1.29 is 9.53 Å². The van der Waals surface area contributed by atoms with Gasteiger partial charge in [0.1, 0.15) is 16.7 Å². The van der Waals surface area contributed by atoms with E-state index >= 15 is 0 Å². The summed E-state index contributed by atoms with van der Waals surface area (Å²) < 4.78 is 6.71. The molecule has 4 aromatic carbocycles. The molecule has 0 atom stereocenters. The Balaban J connectivity index is 1.42. The highest BCUT2D eigenvalue weighted by Gasteiger charge is 2.22. The van der Waals surface area contributed by atoms with Gasteiger partial charge in [-0.25, -0.2) is 0 Å². The van der Waals surface area contributed by atoms with Crippen molar-refractivity contribution in [2.45, 2.75) is 6.61 Å². The monoisotopic (exact) mass is 453 g/mol. The number of hydrogen-bond acceptors (Lipinski definition) is 4. The zero-order valence-electron chi connectivity index (χ0n) is 17.1. The number of carbonyl (C=O) groups excluding carboxylic acids is 1. The van der Waals surface area contributed by atoms with Crippen LogP contribution >= 0.6 is 24.0 Å². The summed E-state index contributed by atoms with van der Waals surface area (Å²) >= 11 is 6.39. The second-order valence-electron chi connectivity index (χ2n) is 7.44. The van der Waals surface area contributed by atoms with Gasteiger partial charge in [-0.2, -0.15) is 0 Å². The van der Waals surface area contributed by atoms with E-state index in [4.69, 9.17) is 17.0 Å². The first kappa shape index (κ1) is 20.5. The minimum Gasteiger partial charge on any atom is -0.488 e. The summed E-state index contributed by atoms with van der Waals surface area (Å²) in [5.41, 5.74) is 4.29. The molecule has 5 rings (SSSR count). The molecule has 0 bridgehead atoms. The first-order chi connectivity index (χ1) is 15.7. The van der Waals surface area contributed by atoms with Gasteiger partial charge in [-0.05, 0) is 45.7 Å². The highest BCUT2D eigenvalue weighted by atomic mass is 32.2. The predicted octanol–water partition coefficient (Wildman–Crippen LogP) is 6.57. The molecule has 1 N–H and O–H groups in total. The molecule has 0 radical (unpaired) electrons. The summed E-state index contributed by atoms with van der Waals surface area (Å²) in [5, 5.41) is 4.84. The standard InChI is InChI=1S/C27H19NO2S2/c29-26-25(32-27(31)28-26)16-23-14-21-8-4-5-9-22(21)15-24(23)30-17-18-10-12-20(13-11-18)19-6-2-1-3-7-19/h1-16H,17H2,(H,28,29,31)/b25-16-. The van der Waals surface area contributed by atoms with Crippen molar-refractivity contribution in [1.82, 2.24) is 5.32 Å². The van der Waals surface area contributed by atoms with Gasteiger partial charge in [-0.3, -0.25) is 4.79 Å². The lowest BCUT2D eigenvalue weighted by atomic mass is 10.0. The Labute approximate surface area is 196 Å². The van der Waals surface area contributed by atoms with E-state index < -0.39 is 0 Å². The van der Waals surface area contributed by atoms with E-state index in [-0.39, 0.29) is 5.91 Å². The number of thiocarbonyl (C=S) groups is 1. The van der Waals surface area contributed by atoms with Crippen LogP contribution in [0.25, 0.3) is 28.0 Å². The van der Waals surface area contributed by atoms with Gasteiger partial charge < -0.3 is 10.1 Å². The van der Waals surface area contributed by atoms with Crippen molar-refractivity contribution in [3.8, 4) is 16.9 Å². The van der Waals surface area contributed by atoms with E-state index in [0.717, 1.165) is 27.6 Å². The van der Waals surface area contributed by atoms with Gasteiger partial charge in [0, 0.05) is 5.56 Å². The van der Waals surface area contributed by atoms with Crippen LogP contribution in [0, 0.1) is 0 Å². The maximum Gasteiger partial charge on any atom is 0.263 e. The molecule has 1 fully saturated rings. The zero-order chi connectivity index (χ0) is 21.9. The lowest BCUT2D eigenvalue weighted by molar-refractivity contribution is -0.115. The van der Waals surface area contributed by atoms with Crippen LogP contribution in [0.3, 0.4) is 0 Å². The Morgan fingerprint density at radius 2 is 1.50 bits per heavy atom. The normalized spacial score (nSPS) is 14.7. The van der Waals surface area contributed by atoms with Gasteiger partial charge in [0.2, 0.25) is 0 Å². The molecule has 4 aromatic rings. The molecular formula is C27H19NO2S2. The number of nitrogens with one attached hydrogen (secondary N) is 1. The fourth-order valence-electron chi connectivity index (χ4n) is 3.62. The maximum absolute atomic E-state index is 12.2. The van der Waals surface area contributed by atoms with E-state index in [2.05, 4.69) is 53.8 Å². The molecule has 0 aromatic heterocycles. The third-order valence-electron chi connectivity index (χ3n) is 5.26. The Morgan fingerprint density at radius 3 is 2.19 bits per heavy atom. The molecule has 32 heavy (non-hydrogen) atoms. The molecule has 0 unspecified atom stereocenters. The summed E-state index contributed by atoms with van der Waals surface area (Å²) in [7, 11) is 0. The van der Waals surface area contributed by atoms with E-state index in [9.17, 15) is 4.79 Å². The zero-order valence-corrected chi connectivity index (χ0v) is 18.7. The third-order valence-corrected chi connectivity index (χ3v) is 6.42. The van der Waals surface area contributed by atoms with E-state index in [1.807, 2.05) is 48.5 Å². The summed E-state index contributed by atoms with van der Waals surface area (Å²) in [6, 6.07) is 30.9. The second kappa shape index (κ2) is 8.99. The van der Waals surface area contributed by atoms with Crippen LogP contribution in [0.1, 0.15) is 11.1 Å². The summed E-state index contributed by atoms with van der Waals surface area (Å²) in [5.74, 6) is 0.560. The number of ether oxygens (including phenoxy) is 1. The van der Waals surface area contributed by atoms with Crippen molar-refractivity contribution in [3.63, 3.8) is 0 Å². The van der Waals surface area contributed by atoms with Crippen LogP contribution in [0.15, 0.2) is 95.9 Å². The van der Waals surface area contributed by atoms with Gasteiger partial charge in [-0.15, -0.1) is 0 Å². The van der Waals surface area contributed by atoms with Gasteiger partial charge >= 0.3 is 0 Å². The maximum atomic E-state index is 12.2. The summed E-state index contributed by atoms with van der Waals surface area (Å²) in [6.07, 6.45) is 1.85. The highest BCUT2D eigenvalue weighted by molar-refractivity contribution is 8.26. The molecule has 5 heteroatoms. The van der Waals surface area contributed by atoms with Crippen LogP contribution in [0.5, 0.6) is 5.75 Å². The lowest BCUT2D eigenvalue weighted by Gasteiger charge is -2.12. The van der Waals surface area contributed by atoms with Gasteiger partial charge in [-0.1, -0.05) is 103 Å².